The number of anilines is 2. The van der Waals surface area contributed by atoms with E-state index in [0.717, 1.165) is 17.9 Å². The van der Waals surface area contributed by atoms with Crippen molar-refractivity contribution in [3.8, 4) is 0 Å². The number of aromatic nitrogens is 1. The fourth-order valence-corrected chi connectivity index (χ4v) is 1.95. The zero-order valence-electron chi connectivity index (χ0n) is 11.5. The first kappa shape index (κ1) is 19.5. The van der Waals surface area contributed by atoms with Crippen LogP contribution >= 0.6 is 25.7 Å². The zero-order valence-corrected chi connectivity index (χ0v) is 13.4. The predicted molar refractivity (Wildman–Crippen MR) is 83.2 cm³/mol. The molecule has 0 aliphatic rings. The summed E-state index contributed by atoms with van der Waals surface area (Å²) < 4.78 is 70.5. The lowest BCUT2D eigenvalue weighted by molar-refractivity contribution is -0.140. The van der Waals surface area contributed by atoms with Crippen LogP contribution in [0.5, 0.6) is 0 Å². The molecular weight excluding hydrogens is 361 g/mol. The summed E-state index contributed by atoms with van der Waals surface area (Å²) >= 11 is 0.744. The molecule has 0 radical (unpaired) electrons. The van der Waals surface area contributed by atoms with Crippen molar-refractivity contribution in [3.05, 3.63) is 47.8 Å². The maximum Gasteiger partial charge on any atom is 0.419 e. The summed E-state index contributed by atoms with van der Waals surface area (Å²) in [5.74, 6) is -2.87. The van der Waals surface area contributed by atoms with E-state index in [4.69, 9.17) is 4.28 Å². The lowest BCUT2D eigenvalue weighted by Crippen LogP contribution is -2.12. The summed E-state index contributed by atoms with van der Waals surface area (Å²) in [6, 6.07) is 2.19. The average molecular weight is 373 g/mol. The Labute approximate surface area is 139 Å². The number of benzene rings is 1. The minimum absolute atomic E-state index is 0. The predicted octanol–water partition coefficient (Wildman–Crippen LogP) is 4.47. The van der Waals surface area contributed by atoms with E-state index in [-0.39, 0.29) is 19.6 Å². The average Bonchev–Trinajstić information content (AvgIpc) is 2.95. The number of alkyl halides is 3. The highest BCUT2D eigenvalue weighted by atomic mass is 32.2. The monoisotopic (exact) mass is 373 g/mol. The largest absolute Gasteiger partial charge is 0.419 e. The molecule has 2 N–H and O–H groups in total. The van der Waals surface area contributed by atoms with Crippen LogP contribution < -0.4 is 9.79 Å². The number of H-pyrrole nitrogens is 1. The zero-order chi connectivity index (χ0) is 16.3. The molecule has 1 aromatic heterocycles. The van der Waals surface area contributed by atoms with Gasteiger partial charge in [-0.3, -0.25) is 4.31 Å². The molecule has 128 valence electrons. The van der Waals surface area contributed by atoms with Gasteiger partial charge >= 0.3 is 6.18 Å². The minimum atomic E-state index is -4.96. The summed E-state index contributed by atoms with van der Waals surface area (Å²) in [6.07, 6.45) is -1.63. The molecule has 0 saturated carbocycles. The van der Waals surface area contributed by atoms with Gasteiger partial charge in [-0.05, 0) is 12.1 Å². The van der Waals surface area contributed by atoms with Gasteiger partial charge < -0.3 is 4.98 Å². The standard InChI is InChI=1S/C12H10F5N3OS.H2S/c1-20(7-2-3-18-6-7)22-21-19-11-5-9(13)8(4-10(11)14)12(15,16)17;/h2-6,18-19H,1H3;1H2. The number of rotatable bonds is 5. The van der Waals surface area contributed by atoms with Crippen LogP contribution in [0.3, 0.4) is 0 Å². The van der Waals surface area contributed by atoms with Crippen LogP contribution in [0.4, 0.5) is 33.3 Å². The molecule has 1 aromatic carbocycles. The number of nitrogens with zero attached hydrogens (tertiary/aromatic N) is 1. The van der Waals surface area contributed by atoms with Crippen molar-refractivity contribution in [2.45, 2.75) is 6.18 Å². The van der Waals surface area contributed by atoms with E-state index in [0.29, 0.717) is 6.07 Å². The van der Waals surface area contributed by atoms with Crippen LogP contribution in [0.2, 0.25) is 0 Å². The van der Waals surface area contributed by atoms with Gasteiger partial charge in [0.1, 0.15) is 29.6 Å². The second-order valence-corrected chi connectivity index (χ2v) is 5.00. The molecule has 2 aromatic rings. The molecule has 11 heteroatoms. The van der Waals surface area contributed by atoms with E-state index in [1.165, 1.54) is 0 Å². The molecule has 23 heavy (non-hydrogen) atoms. The lowest BCUT2D eigenvalue weighted by atomic mass is 10.2. The topological polar surface area (TPSA) is 40.3 Å². The van der Waals surface area contributed by atoms with Crippen LogP contribution in [0, 0.1) is 11.6 Å². The highest BCUT2D eigenvalue weighted by molar-refractivity contribution is 7.96. The van der Waals surface area contributed by atoms with Crippen LogP contribution in [0.15, 0.2) is 30.6 Å². The van der Waals surface area contributed by atoms with E-state index in [1.807, 2.05) is 0 Å². The van der Waals surface area contributed by atoms with Gasteiger partial charge in [0.25, 0.3) is 0 Å². The molecular formula is C12H12F5N3OS2. The Morgan fingerprint density at radius 1 is 1.22 bits per heavy atom. The highest BCUT2D eigenvalue weighted by Crippen LogP contribution is 2.34. The van der Waals surface area contributed by atoms with Crippen molar-refractivity contribution in [1.82, 2.24) is 4.98 Å². The van der Waals surface area contributed by atoms with Crippen LogP contribution in [0.1, 0.15) is 5.56 Å². The van der Waals surface area contributed by atoms with Crippen LogP contribution in [-0.2, 0) is 10.5 Å². The van der Waals surface area contributed by atoms with Gasteiger partial charge in [-0.25, -0.2) is 14.3 Å². The van der Waals surface area contributed by atoms with Crippen molar-refractivity contribution in [3.63, 3.8) is 0 Å². The van der Waals surface area contributed by atoms with E-state index >= 15 is 0 Å². The molecule has 0 atom stereocenters. The molecule has 4 nitrogen and oxygen atoms in total. The van der Waals surface area contributed by atoms with Crippen molar-refractivity contribution in [1.29, 1.82) is 0 Å². The summed E-state index contributed by atoms with van der Waals surface area (Å²) in [5, 5.41) is 0. The number of hydrogen-bond acceptors (Lipinski definition) is 4. The second kappa shape index (κ2) is 7.79. The fourth-order valence-electron chi connectivity index (χ4n) is 1.52. The summed E-state index contributed by atoms with van der Waals surface area (Å²) in [7, 11) is 1.64. The first-order valence-corrected chi connectivity index (χ1v) is 6.51. The quantitative estimate of drug-likeness (QED) is 0.351. The third-order valence-electron chi connectivity index (χ3n) is 2.61. The Bertz CT molecular complexity index is 636. The number of halogens is 5. The third-order valence-corrected chi connectivity index (χ3v) is 3.20. The SMILES string of the molecule is CN(SONc1cc(F)c(C(F)(F)F)cc1F)c1cc[nH]c1.S. The Hall–Kier alpha value is -1.59. The Morgan fingerprint density at radius 3 is 2.48 bits per heavy atom. The third kappa shape index (κ3) is 4.94. The number of nitrogens with one attached hydrogen (secondary N) is 2. The van der Waals surface area contributed by atoms with E-state index in [2.05, 4.69) is 10.5 Å². The fraction of sp³-hybridized carbons (Fsp3) is 0.167. The summed E-state index contributed by atoms with van der Waals surface area (Å²) in [4.78, 5) is 2.81. The molecule has 2 rings (SSSR count). The van der Waals surface area contributed by atoms with Crippen LogP contribution in [-0.4, -0.2) is 12.0 Å². The molecule has 0 spiro atoms. The van der Waals surface area contributed by atoms with E-state index in [1.54, 1.807) is 29.8 Å². The van der Waals surface area contributed by atoms with E-state index in [9.17, 15) is 22.0 Å². The smallest absolute Gasteiger partial charge is 0.366 e. The normalized spacial score (nSPS) is 11.0. The first-order chi connectivity index (χ1) is 10.3. The van der Waals surface area contributed by atoms with Crippen molar-refractivity contribution < 1.29 is 26.2 Å². The van der Waals surface area contributed by atoms with Crippen molar-refractivity contribution in [2.75, 3.05) is 16.8 Å². The van der Waals surface area contributed by atoms with Crippen molar-refractivity contribution in [2.24, 2.45) is 0 Å². The van der Waals surface area contributed by atoms with Gasteiger partial charge in [-0.15, -0.1) is 0 Å². The minimum Gasteiger partial charge on any atom is -0.366 e. The van der Waals surface area contributed by atoms with Gasteiger partial charge in [0, 0.05) is 25.5 Å². The van der Waals surface area contributed by atoms with E-state index < -0.39 is 29.1 Å². The highest BCUT2D eigenvalue weighted by Gasteiger charge is 2.35. The molecule has 0 aliphatic carbocycles. The maximum atomic E-state index is 13.5. The Balaban J connectivity index is 0.00000264. The summed E-state index contributed by atoms with van der Waals surface area (Å²) in [6.45, 7) is 0. The Morgan fingerprint density at radius 2 is 1.91 bits per heavy atom. The molecule has 0 unspecified atom stereocenters. The first-order valence-electron chi connectivity index (χ1n) is 5.81. The molecule has 1 heterocycles. The molecule has 0 fully saturated rings. The summed E-state index contributed by atoms with van der Waals surface area (Å²) in [5.41, 5.74) is 0.581. The van der Waals surface area contributed by atoms with Gasteiger partial charge in [0.15, 0.2) is 0 Å². The molecule has 0 saturated heterocycles. The lowest BCUT2D eigenvalue weighted by Gasteiger charge is -2.15. The second-order valence-electron chi connectivity index (χ2n) is 4.14. The van der Waals surface area contributed by atoms with Gasteiger partial charge in [-0.1, -0.05) is 0 Å². The van der Waals surface area contributed by atoms with Crippen LogP contribution in [0.25, 0.3) is 0 Å². The molecule has 0 aliphatic heterocycles. The van der Waals surface area contributed by atoms with Gasteiger partial charge in [0.05, 0.1) is 11.3 Å². The number of aromatic amines is 1. The molecule has 0 bridgehead atoms. The number of hydrogen-bond donors (Lipinski definition) is 2. The van der Waals surface area contributed by atoms with Gasteiger partial charge in [0.2, 0.25) is 0 Å². The Kier molecular flexibility index (Phi) is 6.59. The molecule has 0 amide bonds. The van der Waals surface area contributed by atoms with Crippen molar-refractivity contribution >= 4 is 37.1 Å². The van der Waals surface area contributed by atoms with Gasteiger partial charge in [-0.2, -0.15) is 31.0 Å². The maximum absolute atomic E-state index is 13.5.